The standard InChI is InChI=1S/C24H18ClN3OPS/c1-30(17-10-4-2-5-11-17,18-12-6-3-7-13-18)20-15-9-8-14-19(20)22-21(25)23(29)28-24(27-22)31-16-26-28/h2-16H,1H3/q+1. The molecule has 2 aromatic heterocycles. The molecule has 0 aliphatic rings. The average Bonchev–Trinajstić information content (AvgIpc) is 3.31. The molecule has 0 fully saturated rings. The number of nitrogens with zero attached hydrogens (tertiary/aromatic N) is 3. The Kier molecular flexibility index (Phi) is 5.19. The predicted octanol–water partition coefficient (Wildman–Crippen LogP) is 4.40. The molecule has 0 saturated carbocycles. The second-order valence-corrected chi connectivity index (χ2v) is 11.9. The monoisotopic (exact) mass is 462 g/mol. The van der Waals surface area contributed by atoms with Gasteiger partial charge in [-0.1, -0.05) is 71.5 Å². The minimum atomic E-state index is -2.03. The smallest absolute Gasteiger partial charge is 0.266 e. The molecule has 5 rings (SSSR count). The lowest BCUT2D eigenvalue weighted by atomic mass is 10.1. The molecule has 7 heteroatoms. The van der Waals surface area contributed by atoms with Crippen LogP contribution in [-0.4, -0.2) is 21.3 Å². The zero-order chi connectivity index (χ0) is 21.4. The largest absolute Gasteiger partial charge is 0.294 e. The van der Waals surface area contributed by atoms with Crippen LogP contribution in [0.25, 0.3) is 16.2 Å². The van der Waals surface area contributed by atoms with Gasteiger partial charge in [-0.25, -0.2) is 4.98 Å². The van der Waals surface area contributed by atoms with E-state index in [2.05, 4.69) is 66.4 Å². The summed E-state index contributed by atoms with van der Waals surface area (Å²) in [6.45, 7) is 2.31. The molecule has 0 bridgehead atoms. The van der Waals surface area contributed by atoms with Crippen molar-refractivity contribution in [2.24, 2.45) is 0 Å². The van der Waals surface area contributed by atoms with E-state index in [0.29, 0.717) is 10.7 Å². The van der Waals surface area contributed by atoms with Gasteiger partial charge in [0.2, 0.25) is 4.96 Å². The molecule has 2 heterocycles. The van der Waals surface area contributed by atoms with Crippen molar-refractivity contribution in [3.63, 3.8) is 0 Å². The Hall–Kier alpha value is -2.85. The SMILES string of the molecule is C[P+](c1ccccc1)(c1ccccc1)c1ccccc1-c1nc2scnn2c(=O)c1Cl. The van der Waals surface area contributed by atoms with Crippen LogP contribution in [0.2, 0.25) is 5.02 Å². The number of rotatable bonds is 4. The summed E-state index contributed by atoms with van der Waals surface area (Å²) >= 11 is 7.88. The minimum Gasteiger partial charge on any atom is -0.266 e. The van der Waals surface area contributed by atoms with Crippen molar-refractivity contribution in [3.05, 3.63) is 106 Å². The third kappa shape index (κ3) is 3.30. The predicted molar refractivity (Wildman–Crippen MR) is 132 cm³/mol. The number of fused-ring (bicyclic) bond motifs is 1. The van der Waals surface area contributed by atoms with Gasteiger partial charge in [0, 0.05) is 5.56 Å². The Morgan fingerprint density at radius 2 is 1.45 bits per heavy atom. The van der Waals surface area contributed by atoms with Crippen molar-refractivity contribution in [1.82, 2.24) is 14.6 Å². The van der Waals surface area contributed by atoms with E-state index in [0.717, 1.165) is 10.9 Å². The Morgan fingerprint density at radius 3 is 2.10 bits per heavy atom. The van der Waals surface area contributed by atoms with Gasteiger partial charge < -0.3 is 0 Å². The lowest BCUT2D eigenvalue weighted by Gasteiger charge is -2.25. The zero-order valence-electron chi connectivity index (χ0n) is 16.6. The van der Waals surface area contributed by atoms with Crippen LogP contribution in [0.15, 0.2) is 95.2 Å². The second kappa shape index (κ2) is 8.01. The van der Waals surface area contributed by atoms with Crippen LogP contribution >= 0.6 is 30.2 Å². The Bertz CT molecular complexity index is 1390. The molecule has 31 heavy (non-hydrogen) atoms. The van der Waals surface area contributed by atoms with E-state index in [1.165, 1.54) is 26.5 Å². The summed E-state index contributed by atoms with van der Waals surface area (Å²) in [5.74, 6) is 0. The normalized spacial score (nSPS) is 11.7. The summed E-state index contributed by atoms with van der Waals surface area (Å²) < 4.78 is 1.25. The fourth-order valence-corrected chi connectivity index (χ4v) is 8.16. The van der Waals surface area contributed by atoms with E-state index in [1.807, 2.05) is 30.3 Å². The first-order valence-electron chi connectivity index (χ1n) is 9.70. The van der Waals surface area contributed by atoms with Crippen LogP contribution in [0.4, 0.5) is 0 Å². The molecule has 0 unspecified atom stereocenters. The second-order valence-electron chi connectivity index (χ2n) is 7.21. The van der Waals surface area contributed by atoms with Gasteiger partial charge in [0.15, 0.2) is 0 Å². The molecule has 0 aliphatic carbocycles. The fraction of sp³-hybridized carbons (Fsp3) is 0.0417. The van der Waals surface area contributed by atoms with E-state index in [-0.39, 0.29) is 10.6 Å². The summed E-state index contributed by atoms with van der Waals surface area (Å²) in [7, 11) is -2.03. The highest BCUT2D eigenvalue weighted by Crippen LogP contribution is 2.53. The van der Waals surface area contributed by atoms with Crippen LogP contribution < -0.4 is 21.5 Å². The average molecular weight is 463 g/mol. The number of benzene rings is 3. The molecule has 5 aromatic rings. The molecule has 0 radical (unpaired) electrons. The topological polar surface area (TPSA) is 47.3 Å². The van der Waals surface area contributed by atoms with Crippen LogP contribution in [-0.2, 0) is 0 Å². The van der Waals surface area contributed by atoms with Crippen LogP contribution in [0, 0.1) is 0 Å². The van der Waals surface area contributed by atoms with E-state index in [1.54, 1.807) is 5.51 Å². The third-order valence-electron chi connectivity index (χ3n) is 5.48. The van der Waals surface area contributed by atoms with Gasteiger partial charge in [-0.2, -0.15) is 9.61 Å². The molecule has 4 nitrogen and oxygen atoms in total. The summed E-state index contributed by atoms with van der Waals surface area (Å²) in [5, 5.41) is 7.78. The van der Waals surface area contributed by atoms with Gasteiger partial charge >= 0.3 is 0 Å². The van der Waals surface area contributed by atoms with Gasteiger partial charge in [-0.05, 0) is 36.4 Å². The summed E-state index contributed by atoms with van der Waals surface area (Å²) in [6, 6.07) is 29.2. The highest BCUT2D eigenvalue weighted by atomic mass is 35.5. The van der Waals surface area contributed by atoms with Gasteiger partial charge in [0.05, 0.1) is 6.66 Å². The van der Waals surface area contributed by atoms with Crippen molar-refractivity contribution in [1.29, 1.82) is 0 Å². The van der Waals surface area contributed by atoms with Crippen molar-refractivity contribution in [2.45, 2.75) is 0 Å². The Labute approximate surface area is 189 Å². The molecule has 0 atom stereocenters. The summed E-state index contributed by atoms with van der Waals surface area (Å²) in [4.78, 5) is 18.1. The number of hydrogen-bond donors (Lipinski definition) is 0. The highest BCUT2D eigenvalue weighted by molar-refractivity contribution is 7.95. The first kappa shape index (κ1) is 20.1. The molecule has 0 aliphatic heterocycles. The Morgan fingerprint density at radius 1 is 0.871 bits per heavy atom. The molecule has 3 aromatic carbocycles. The minimum absolute atomic E-state index is 0.0866. The number of hydrogen-bond acceptors (Lipinski definition) is 4. The third-order valence-corrected chi connectivity index (χ3v) is 10.5. The molecule has 0 amide bonds. The van der Waals surface area contributed by atoms with Gasteiger partial charge in [0.25, 0.3) is 5.56 Å². The van der Waals surface area contributed by atoms with E-state index < -0.39 is 7.26 Å². The summed E-state index contributed by atoms with van der Waals surface area (Å²) in [6.07, 6.45) is 0. The van der Waals surface area contributed by atoms with Gasteiger partial charge in [-0.3, -0.25) is 4.79 Å². The van der Waals surface area contributed by atoms with Crippen LogP contribution in [0.5, 0.6) is 0 Å². The van der Waals surface area contributed by atoms with Gasteiger partial charge in [0.1, 0.15) is 39.4 Å². The lowest BCUT2D eigenvalue weighted by Crippen LogP contribution is -2.31. The van der Waals surface area contributed by atoms with Crippen molar-refractivity contribution < 1.29 is 0 Å². The molecule has 0 saturated heterocycles. The van der Waals surface area contributed by atoms with Crippen molar-refractivity contribution in [2.75, 3.05) is 6.66 Å². The van der Waals surface area contributed by atoms with Crippen LogP contribution in [0.3, 0.4) is 0 Å². The van der Waals surface area contributed by atoms with Crippen LogP contribution in [0.1, 0.15) is 0 Å². The van der Waals surface area contributed by atoms with E-state index >= 15 is 0 Å². The number of aromatic nitrogens is 3. The maximum absolute atomic E-state index is 12.8. The van der Waals surface area contributed by atoms with Crippen molar-refractivity contribution in [3.8, 4) is 11.3 Å². The molecule has 0 N–H and O–H groups in total. The van der Waals surface area contributed by atoms with E-state index in [4.69, 9.17) is 16.6 Å². The number of halogens is 1. The van der Waals surface area contributed by atoms with E-state index in [9.17, 15) is 4.79 Å². The molecule has 152 valence electrons. The zero-order valence-corrected chi connectivity index (χ0v) is 19.1. The molecule has 0 spiro atoms. The van der Waals surface area contributed by atoms with Gasteiger partial charge in [-0.15, -0.1) is 0 Å². The maximum atomic E-state index is 12.8. The van der Waals surface area contributed by atoms with Crippen molar-refractivity contribution >= 4 is 51.1 Å². The molecular formula is C24H18ClN3OPS+. The summed E-state index contributed by atoms with van der Waals surface area (Å²) in [5.41, 5.74) is 2.63. The maximum Gasteiger partial charge on any atom is 0.294 e. The Balaban J connectivity index is 1.84. The fourth-order valence-electron chi connectivity index (χ4n) is 3.89. The quantitative estimate of drug-likeness (QED) is 0.372. The molecular weight excluding hydrogens is 445 g/mol. The first-order valence-corrected chi connectivity index (χ1v) is 13.2. The lowest BCUT2D eigenvalue weighted by molar-refractivity contribution is 0.901. The highest BCUT2D eigenvalue weighted by Gasteiger charge is 2.42. The first-order chi connectivity index (χ1) is 15.1.